The van der Waals surface area contributed by atoms with Crippen molar-refractivity contribution in [2.24, 2.45) is 17.3 Å². The number of aryl methyl sites for hydroxylation is 1. The fourth-order valence-corrected chi connectivity index (χ4v) is 3.13. The molecule has 1 aliphatic rings. The van der Waals surface area contributed by atoms with Crippen LogP contribution in [0.4, 0.5) is 0 Å². The van der Waals surface area contributed by atoms with Crippen LogP contribution in [-0.2, 0) is 11.2 Å². The van der Waals surface area contributed by atoms with Gasteiger partial charge in [-0.1, -0.05) is 37.6 Å². The van der Waals surface area contributed by atoms with Gasteiger partial charge in [0.15, 0.2) is 0 Å². The molecule has 0 radical (unpaired) electrons. The Morgan fingerprint density at radius 1 is 1.27 bits per heavy atom. The number of rotatable bonds is 6. The number of benzene rings is 1. The van der Waals surface area contributed by atoms with Gasteiger partial charge in [-0.3, -0.25) is 4.79 Å². The molecule has 1 amide bonds. The standard InChI is InChI=1S/C19H27NO2/c1-13(2)12-16-17(19(16,3)4)18(22)20-11-5-6-14-7-9-15(21)10-8-14/h7-10,12,16-17,21H,5-6,11H2,1-4H3,(H,20,22). The van der Waals surface area contributed by atoms with E-state index in [0.717, 1.165) is 12.8 Å². The molecule has 0 bridgehead atoms. The van der Waals surface area contributed by atoms with Gasteiger partial charge in [0.25, 0.3) is 0 Å². The van der Waals surface area contributed by atoms with E-state index in [1.54, 1.807) is 12.1 Å². The summed E-state index contributed by atoms with van der Waals surface area (Å²) in [6, 6.07) is 7.24. The highest BCUT2D eigenvalue weighted by atomic mass is 16.3. The third-order valence-corrected chi connectivity index (χ3v) is 4.58. The first kappa shape index (κ1) is 16.6. The predicted octanol–water partition coefficient (Wildman–Crippen LogP) is 3.68. The molecule has 2 N–H and O–H groups in total. The van der Waals surface area contributed by atoms with Crippen LogP contribution in [0.25, 0.3) is 0 Å². The van der Waals surface area contributed by atoms with Crippen LogP contribution in [0.3, 0.4) is 0 Å². The first-order chi connectivity index (χ1) is 10.3. The van der Waals surface area contributed by atoms with Crippen LogP contribution in [0.5, 0.6) is 5.75 Å². The van der Waals surface area contributed by atoms with Crippen LogP contribution < -0.4 is 5.32 Å². The highest BCUT2D eigenvalue weighted by Gasteiger charge is 2.60. The SMILES string of the molecule is CC(C)=CC1C(C(=O)NCCCc2ccc(O)cc2)C1(C)C. The van der Waals surface area contributed by atoms with Gasteiger partial charge in [-0.15, -0.1) is 0 Å². The van der Waals surface area contributed by atoms with E-state index in [4.69, 9.17) is 0 Å². The lowest BCUT2D eigenvalue weighted by molar-refractivity contribution is -0.123. The van der Waals surface area contributed by atoms with Crippen LogP contribution in [-0.4, -0.2) is 17.6 Å². The van der Waals surface area contributed by atoms with Gasteiger partial charge in [-0.2, -0.15) is 0 Å². The quantitative estimate of drug-likeness (QED) is 0.622. The molecule has 1 aromatic carbocycles. The molecule has 3 heteroatoms. The number of phenols is 1. The fraction of sp³-hybridized carbons (Fsp3) is 0.526. The summed E-state index contributed by atoms with van der Waals surface area (Å²) in [4.78, 5) is 12.3. The van der Waals surface area contributed by atoms with Crippen molar-refractivity contribution < 1.29 is 9.90 Å². The third-order valence-electron chi connectivity index (χ3n) is 4.58. The normalized spacial score (nSPS) is 22.0. The Morgan fingerprint density at radius 2 is 1.91 bits per heavy atom. The minimum Gasteiger partial charge on any atom is -0.508 e. The Kier molecular flexibility index (Phi) is 4.94. The molecule has 3 nitrogen and oxygen atoms in total. The van der Waals surface area contributed by atoms with Crippen LogP contribution in [0, 0.1) is 17.3 Å². The summed E-state index contributed by atoms with van der Waals surface area (Å²) in [5.41, 5.74) is 2.54. The topological polar surface area (TPSA) is 49.3 Å². The number of aromatic hydroxyl groups is 1. The van der Waals surface area contributed by atoms with E-state index in [-0.39, 0.29) is 17.2 Å². The number of allylic oxidation sites excluding steroid dienone is 2. The maximum Gasteiger partial charge on any atom is 0.224 e. The monoisotopic (exact) mass is 301 g/mol. The zero-order valence-electron chi connectivity index (χ0n) is 14.0. The molecule has 2 rings (SSSR count). The van der Waals surface area contributed by atoms with E-state index in [1.165, 1.54) is 11.1 Å². The fourth-order valence-electron chi connectivity index (χ4n) is 3.13. The number of hydrogen-bond donors (Lipinski definition) is 2. The summed E-state index contributed by atoms with van der Waals surface area (Å²) >= 11 is 0. The number of phenolic OH excluding ortho intramolecular Hbond substituents is 1. The molecule has 22 heavy (non-hydrogen) atoms. The van der Waals surface area contributed by atoms with Crippen LogP contribution in [0.15, 0.2) is 35.9 Å². The Labute approximate surface area is 133 Å². The molecule has 0 heterocycles. The van der Waals surface area contributed by atoms with Gasteiger partial charge in [-0.05, 0) is 55.7 Å². The molecule has 0 aliphatic heterocycles. The van der Waals surface area contributed by atoms with Gasteiger partial charge in [0.05, 0.1) is 5.92 Å². The first-order valence-electron chi connectivity index (χ1n) is 8.03. The number of hydrogen-bond acceptors (Lipinski definition) is 2. The van der Waals surface area contributed by atoms with Crippen molar-refractivity contribution in [2.75, 3.05) is 6.54 Å². The van der Waals surface area contributed by atoms with E-state index in [2.05, 4.69) is 39.1 Å². The second-order valence-corrected chi connectivity index (χ2v) is 7.13. The summed E-state index contributed by atoms with van der Waals surface area (Å²) in [5, 5.41) is 12.3. The highest BCUT2D eigenvalue weighted by Crippen LogP contribution is 2.59. The van der Waals surface area contributed by atoms with Gasteiger partial charge in [0.1, 0.15) is 5.75 Å². The Morgan fingerprint density at radius 3 is 2.50 bits per heavy atom. The lowest BCUT2D eigenvalue weighted by atomic mass is 10.1. The van der Waals surface area contributed by atoms with Crippen molar-refractivity contribution in [1.29, 1.82) is 0 Å². The Bertz CT molecular complexity index is 553. The molecule has 120 valence electrons. The molecule has 0 aromatic heterocycles. The zero-order chi connectivity index (χ0) is 16.3. The van der Waals surface area contributed by atoms with Gasteiger partial charge >= 0.3 is 0 Å². The maximum absolute atomic E-state index is 12.3. The summed E-state index contributed by atoms with van der Waals surface area (Å²) in [7, 11) is 0. The molecular formula is C19H27NO2. The van der Waals surface area contributed by atoms with Crippen molar-refractivity contribution >= 4 is 5.91 Å². The third kappa shape index (κ3) is 3.90. The predicted molar refractivity (Wildman–Crippen MR) is 89.6 cm³/mol. The maximum atomic E-state index is 12.3. The lowest BCUT2D eigenvalue weighted by Gasteiger charge is -2.06. The van der Waals surface area contributed by atoms with E-state index in [0.29, 0.717) is 18.2 Å². The van der Waals surface area contributed by atoms with Crippen LogP contribution in [0.1, 0.15) is 39.7 Å². The summed E-state index contributed by atoms with van der Waals surface area (Å²) in [5.74, 6) is 0.946. The minimum atomic E-state index is 0.0817. The second-order valence-electron chi connectivity index (χ2n) is 7.13. The molecule has 1 fully saturated rings. The van der Waals surface area contributed by atoms with Crippen molar-refractivity contribution in [3.63, 3.8) is 0 Å². The smallest absolute Gasteiger partial charge is 0.224 e. The lowest BCUT2D eigenvalue weighted by Crippen LogP contribution is -2.28. The van der Waals surface area contributed by atoms with Crippen LogP contribution in [0.2, 0.25) is 0 Å². The number of carbonyl (C=O) groups is 1. The average Bonchev–Trinajstić information content (AvgIpc) is 2.97. The molecule has 2 atom stereocenters. The largest absolute Gasteiger partial charge is 0.508 e. The average molecular weight is 301 g/mol. The summed E-state index contributed by atoms with van der Waals surface area (Å²) < 4.78 is 0. The van der Waals surface area contributed by atoms with E-state index in [1.807, 2.05) is 12.1 Å². The molecular weight excluding hydrogens is 274 g/mol. The Hall–Kier alpha value is -1.77. The zero-order valence-corrected chi connectivity index (χ0v) is 14.0. The number of carbonyl (C=O) groups excluding carboxylic acids is 1. The van der Waals surface area contributed by atoms with Crippen molar-refractivity contribution in [3.05, 3.63) is 41.5 Å². The Balaban J connectivity index is 1.75. The van der Waals surface area contributed by atoms with E-state index < -0.39 is 0 Å². The molecule has 1 aromatic rings. The van der Waals surface area contributed by atoms with E-state index >= 15 is 0 Å². The molecule has 0 spiro atoms. The van der Waals surface area contributed by atoms with Gasteiger partial charge in [0.2, 0.25) is 5.91 Å². The van der Waals surface area contributed by atoms with Crippen molar-refractivity contribution in [2.45, 2.75) is 40.5 Å². The van der Waals surface area contributed by atoms with Crippen molar-refractivity contribution in [1.82, 2.24) is 5.32 Å². The van der Waals surface area contributed by atoms with Crippen molar-refractivity contribution in [3.8, 4) is 5.75 Å². The van der Waals surface area contributed by atoms with Gasteiger partial charge < -0.3 is 10.4 Å². The van der Waals surface area contributed by atoms with Crippen LogP contribution >= 0.6 is 0 Å². The highest BCUT2D eigenvalue weighted by molar-refractivity contribution is 5.83. The van der Waals surface area contributed by atoms with Gasteiger partial charge in [-0.25, -0.2) is 0 Å². The molecule has 0 saturated heterocycles. The molecule has 1 saturated carbocycles. The number of nitrogens with one attached hydrogen (secondary N) is 1. The minimum absolute atomic E-state index is 0.0817. The summed E-state index contributed by atoms with van der Waals surface area (Å²) in [6.45, 7) is 9.20. The van der Waals surface area contributed by atoms with Gasteiger partial charge in [0, 0.05) is 6.54 Å². The van der Waals surface area contributed by atoms with E-state index in [9.17, 15) is 9.90 Å². The molecule has 1 aliphatic carbocycles. The molecule has 2 unspecified atom stereocenters. The second kappa shape index (κ2) is 6.55. The summed E-state index contributed by atoms with van der Waals surface area (Å²) in [6.07, 6.45) is 4.05. The number of amides is 1. The first-order valence-corrected chi connectivity index (χ1v) is 8.03.